The number of aliphatic hydroxyl groups excluding tert-OH is 1. The third-order valence-corrected chi connectivity index (χ3v) is 16.4. The highest BCUT2D eigenvalue weighted by Crippen LogP contribution is 2.41. The topological polar surface area (TPSA) is 275 Å². The summed E-state index contributed by atoms with van der Waals surface area (Å²) in [6.45, 7) is 7.78. The first-order valence-corrected chi connectivity index (χ1v) is 29.4. The van der Waals surface area contributed by atoms with Gasteiger partial charge >= 0.3 is 0 Å². The molecule has 20 nitrogen and oxygen atoms in total. The van der Waals surface area contributed by atoms with Crippen LogP contribution in [0.1, 0.15) is 153 Å². The molecule has 3 aromatic carbocycles. The number of phenols is 1. The number of halogens is 1. The molecule has 5 atom stereocenters. The number of amides is 7. The number of hydrogen-bond acceptors (Lipinski definition) is 14. The summed E-state index contributed by atoms with van der Waals surface area (Å²) in [5.41, 5.74) is 4.00. The number of unbranched alkanes of at least 4 members (excludes halogenated alkanes) is 6. The number of aromatic nitrogens is 2. The molecule has 83 heavy (non-hydrogen) atoms. The van der Waals surface area contributed by atoms with E-state index in [0.717, 1.165) is 78.6 Å². The molecule has 3 heterocycles. The number of carbonyl (C=O) groups excluding carboxylic acids is 7. The maximum Gasteiger partial charge on any atom is 0.273 e. The van der Waals surface area contributed by atoms with E-state index in [1.54, 1.807) is 46.4 Å². The molecule has 2 aromatic heterocycles. The van der Waals surface area contributed by atoms with Crippen LogP contribution >= 0.6 is 11.3 Å². The van der Waals surface area contributed by atoms with Gasteiger partial charge in [-0.05, 0) is 97.4 Å². The Labute approximate surface area is 486 Å². The van der Waals surface area contributed by atoms with Gasteiger partial charge in [0.25, 0.3) is 23.6 Å². The van der Waals surface area contributed by atoms with E-state index >= 15 is 0 Å². The molecule has 5 aromatic rings. The third-order valence-electron chi connectivity index (χ3n) is 15.4. The van der Waals surface area contributed by atoms with E-state index in [1.807, 2.05) is 49.4 Å². The summed E-state index contributed by atoms with van der Waals surface area (Å²) in [5, 5.41) is 39.7. The van der Waals surface area contributed by atoms with Gasteiger partial charge in [0.1, 0.15) is 23.6 Å². The molecule has 0 radical (unpaired) electrons. The van der Waals surface area contributed by atoms with Gasteiger partial charge in [0.15, 0.2) is 23.7 Å². The summed E-state index contributed by atoms with van der Waals surface area (Å²) in [4.78, 5) is 101. The number of alkyl halides is 1. The fourth-order valence-electron chi connectivity index (χ4n) is 10.4. The number of carbonyl (C=O) groups is 7. The van der Waals surface area contributed by atoms with Crippen molar-refractivity contribution < 1.29 is 57.4 Å². The van der Waals surface area contributed by atoms with Crippen molar-refractivity contribution in [3.8, 4) is 33.3 Å². The number of β-amino-alcohol motifs (C(OH)–C–C–N with tert-alkyl or cyclic N) is 1. The van der Waals surface area contributed by atoms with Gasteiger partial charge in [-0.2, -0.15) is 0 Å². The van der Waals surface area contributed by atoms with Crippen molar-refractivity contribution in [1.82, 2.24) is 46.5 Å². The first kappa shape index (κ1) is 61.4. The normalized spacial score (nSPS) is 17.6. The average molecular weight is 1160 g/mol. The SMILES string of the molecule is Cc1ncsc1-c1ccc([C@H](CC(=O)NCCCCCCCCCNC(=O)COc2ccc3c(c2)[C@H](NC(=O)c2cc(-c4ccc(C(=O)N(C)C)c(O)c4)on2)CC3)NC(=O)[C@@H]2C[C@@H](O)CN2C(=O)[C@@H](NC(=O)C2(F)CC2)C(C)(C)C)cc1. The number of likely N-dealkylation sites (tertiary alicyclic amines) is 1. The van der Waals surface area contributed by atoms with E-state index in [2.05, 4.69) is 36.7 Å². The summed E-state index contributed by atoms with van der Waals surface area (Å²) in [6.07, 6.45) is 6.73. The van der Waals surface area contributed by atoms with Crippen LogP contribution < -0.4 is 31.3 Å². The molecule has 2 aliphatic carbocycles. The number of aromatic hydroxyl groups is 1. The van der Waals surface area contributed by atoms with E-state index in [4.69, 9.17) is 9.26 Å². The lowest BCUT2D eigenvalue weighted by Gasteiger charge is -2.36. The Kier molecular flexibility index (Phi) is 20.0. The van der Waals surface area contributed by atoms with Crippen molar-refractivity contribution >= 4 is 52.7 Å². The number of fused-ring (bicyclic) bond motifs is 1. The van der Waals surface area contributed by atoms with Gasteiger partial charge in [-0.1, -0.05) is 94.4 Å². The molecule has 8 rings (SSSR count). The number of rotatable bonds is 26. The summed E-state index contributed by atoms with van der Waals surface area (Å²) in [7, 11) is 3.17. The second kappa shape index (κ2) is 27.1. The van der Waals surface area contributed by atoms with Crippen LogP contribution in [0.25, 0.3) is 21.8 Å². The maximum atomic E-state index is 14.8. The first-order valence-electron chi connectivity index (χ1n) is 28.5. The zero-order valence-electron chi connectivity index (χ0n) is 48.0. The highest BCUT2D eigenvalue weighted by Gasteiger charge is 2.53. The fourth-order valence-corrected chi connectivity index (χ4v) is 11.2. The molecular formula is C61H76FN9O11S. The van der Waals surface area contributed by atoms with Crippen molar-refractivity contribution in [2.24, 2.45) is 5.41 Å². The average Bonchev–Trinajstić information content (AvgIpc) is 3.72. The van der Waals surface area contributed by atoms with Crippen molar-refractivity contribution in [2.45, 2.75) is 147 Å². The third kappa shape index (κ3) is 15.9. The minimum absolute atomic E-state index is 0.0523. The number of ether oxygens (including phenoxy) is 1. The predicted molar refractivity (Wildman–Crippen MR) is 309 cm³/mol. The van der Waals surface area contributed by atoms with Crippen LogP contribution in [0.15, 0.2) is 76.8 Å². The summed E-state index contributed by atoms with van der Waals surface area (Å²) < 4.78 is 26.0. The van der Waals surface area contributed by atoms with E-state index in [9.17, 15) is 48.2 Å². The van der Waals surface area contributed by atoms with Gasteiger partial charge in [-0.15, -0.1) is 11.3 Å². The van der Waals surface area contributed by atoms with Crippen molar-refractivity contribution in [3.63, 3.8) is 0 Å². The Hall–Kier alpha value is -7.72. The lowest BCUT2D eigenvalue weighted by Crippen LogP contribution is -2.59. The van der Waals surface area contributed by atoms with E-state index in [1.165, 1.54) is 39.3 Å². The number of nitrogens with one attached hydrogen (secondary N) is 5. The van der Waals surface area contributed by atoms with Crippen LogP contribution in [0.2, 0.25) is 0 Å². The number of benzene rings is 3. The largest absolute Gasteiger partial charge is 0.507 e. The first-order chi connectivity index (χ1) is 39.6. The lowest BCUT2D eigenvalue weighted by molar-refractivity contribution is -0.145. The van der Waals surface area contributed by atoms with E-state index < -0.39 is 58.9 Å². The number of phenolic OH excluding ortho intramolecular Hbond substituents is 1. The molecule has 2 fully saturated rings. The van der Waals surface area contributed by atoms with Crippen LogP contribution in [0, 0.1) is 12.3 Å². The van der Waals surface area contributed by atoms with Gasteiger partial charge < -0.3 is 55.9 Å². The minimum atomic E-state index is -2.01. The quantitative estimate of drug-likeness (QED) is 0.0271. The number of aryl methyl sites for hydroxylation is 2. The van der Waals surface area contributed by atoms with Gasteiger partial charge in [-0.3, -0.25) is 33.6 Å². The van der Waals surface area contributed by atoms with Crippen molar-refractivity contribution in [3.05, 3.63) is 106 Å². The smallest absolute Gasteiger partial charge is 0.273 e. The molecule has 3 aliphatic rings. The highest BCUT2D eigenvalue weighted by molar-refractivity contribution is 7.13. The molecular weight excluding hydrogens is 1090 g/mol. The standard InChI is InChI=1S/C61H76FN9O11S/c1-36-53(83-35-65-36)39-16-14-38(15-17-39)46(67-56(77)48-29-41(72)33-71(48)58(79)54(60(2,3)4)68-59(80)61(62)24-25-61)32-51(74)63-26-12-10-8-7-9-11-13-27-64-52(75)34-81-42-21-18-37-20-23-45(44(37)30-42)66-55(76)47-31-50(82-69-47)40-19-22-43(49(73)28-40)57(78)70(5)6/h14-19,21-22,28,30-31,35,41,45-46,48,54,72-73H,7-13,20,23-27,29,32-34H2,1-6H3,(H,63,74)(H,64,75)(H,66,76)(H,67,77)(H,68,80)/t41-,45-,46+,48+,54-/m1/s1. The van der Waals surface area contributed by atoms with Crippen LogP contribution in [0.5, 0.6) is 11.5 Å². The Morgan fingerprint density at radius 1 is 0.880 bits per heavy atom. The number of nitrogens with zero attached hydrogens (tertiary/aromatic N) is 4. The Bertz CT molecular complexity index is 3150. The summed E-state index contributed by atoms with van der Waals surface area (Å²) in [5.74, 6) is -2.80. The molecule has 1 aliphatic heterocycles. The monoisotopic (exact) mass is 1160 g/mol. The van der Waals surface area contributed by atoms with Gasteiger partial charge in [0.2, 0.25) is 17.7 Å². The van der Waals surface area contributed by atoms with Crippen molar-refractivity contribution in [1.29, 1.82) is 0 Å². The molecule has 7 N–H and O–H groups in total. The zero-order valence-corrected chi connectivity index (χ0v) is 48.8. The van der Waals surface area contributed by atoms with E-state index in [-0.39, 0.29) is 85.4 Å². The zero-order chi connectivity index (χ0) is 59.6. The Morgan fingerprint density at radius 3 is 2.19 bits per heavy atom. The van der Waals surface area contributed by atoms with Crippen LogP contribution in [-0.4, -0.2) is 136 Å². The van der Waals surface area contributed by atoms with Gasteiger partial charge in [-0.25, -0.2) is 9.37 Å². The summed E-state index contributed by atoms with van der Waals surface area (Å²) >= 11 is 1.51. The number of hydrogen-bond donors (Lipinski definition) is 7. The van der Waals surface area contributed by atoms with Crippen molar-refractivity contribution in [2.75, 3.05) is 40.3 Å². The second-order valence-electron chi connectivity index (χ2n) is 23.2. The molecule has 0 bridgehead atoms. The molecule has 22 heteroatoms. The summed E-state index contributed by atoms with van der Waals surface area (Å²) in [6, 6.07) is 15.7. The van der Waals surface area contributed by atoms with Crippen LogP contribution in [0.4, 0.5) is 4.39 Å². The highest BCUT2D eigenvalue weighted by atomic mass is 32.1. The minimum Gasteiger partial charge on any atom is -0.507 e. The molecule has 7 amide bonds. The predicted octanol–water partition coefficient (Wildman–Crippen LogP) is 7.18. The second-order valence-corrected chi connectivity index (χ2v) is 24.0. The molecule has 1 saturated heterocycles. The molecule has 1 saturated carbocycles. The maximum absolute atomic E-state index is 14.8. The van der Waals surface area contributed by atoms with Crippen LogP contribution in [-0.2, 0) is 30.4 Å². The Morgan fingerprint density at radius 2 is 1.55 bits per heavy atom. The van der Waals surface area contributed by atoms with Crippen LogP contribution in [0.3, 0.4) is 0 Å². The Balaban J connectivity index is 0.727. The fraction of sp³-hybridized carbons (Fsp3) is 0.492. The molecule has 444 valence electrons. The molecule has 0 spiro atoms. The van der Waals surface area contributed by atoms with Gasteiger partial charge in [0.05, 0.1) is 46.3 Å². The number of aliphatic hydroxyl groups is 1. The molecule has 0 unspecified atom stereocenters. The number of thiazole rings is 1. The lowest BCUT2D eigenvalue weighted by atomic mass is 9.85. The van der Waals surface area contributed by atoms with Gasteiger partial charge in [0, 0.05) is 51.8 Å². The van der Waals surface area contributed by atoms with E-state index in [0.29, 0.717) is 36.4 Å².